The molecule has 0 spiro atoms. The van der Waals surface area contributed by atoms with Crippen LogP contribution >= 0.6 is 11.6 Å². The standard InChI is InChI=1S/C40H48ClN5O6/c1-4-40(25-47,26-48)45-21-31-16-35(41)39(17-38(31)51-23-30-15-29(18-42)19-43-20-30)52-24-36-27(2)34(9-11-44-36)33-7-5-8-37(28(33)3)50-14-6-12-46-13-10-32(49)22-46/h5,7-9,11,15-17,19-20,32,45,47-49H,4,6,10,12-14,21-26H2,1-3H3/t32-/m1/s1. The monoisotopic (exact) mass is 729 g/mol. The maximum atomic E-state index is 9.98. The average Bonchev–Trinajstić information content (AvgIpc) is 3.59. The van der Waals surface area contributed by atoms with E-state index in [1.807, 2.05) is 32.0 Å². The fourth-order valence-corrected chi connectivity index (χ4v) is 6.49. The summed E-state index contributed by atoms with van der Waals surface area (Å²) in [6, 6.07) is 15.3. The van der Waals surface area contributed by atoms with E-state index in [1.54, 1.807) is 30.6 Å². The fraction of sp³-hybridized carbons (Fsp3) is 0.425. The number of nitrogens with zero attached hydrogens (tertiary/aromatic N) is 4. The molecule has 0 saturated carbocycles. The highest BCUT2D eigenvalue weighted by Gasteiger charge is 2.27. The van der Waals surface area contributed by atoms with Gasteiger partial charge in [-0.2, -0.15) is 5.26 Å². The van der Waals surface area contributed by atoms with Crippen LogP contribution in [0.2, 0.25) is 5.02 Å². The summed E-state index contributed by atoms with van der Waals surface area (Å²) in [5.41, 5.74) is 5.81. The molecule has 1 atom stereocenters. The van der Waals surface area contributed by atoms with Gasteiger partial charge in [0.1, 0.15) is 36.5 Å². The Morgan fingerprint density at radius 3 is 2.52 bits per heavy atom. The molecule has 0 amide bonds. The predicted molar refractivity (Wildman–Crippen MR) is 199 cm³/mol. The highest BCUT2D eigenvalue weighted by atomic mass is 35.5. The molecule has 1 saturated heterocycles. The number of aliphatic hydroxyl groups excluding tert-OH is 3. The first-order chi connectivity index (χ1) is 25.2. The quantitative estimate of drug-likeness (QED) is 0.0961. The molecule has 276 valence electrons. The lowest BCUT2D eigenvalue weighted by molar-refractivity contribution is 0.0861. The van der Waals surface area contributed by atoms with Crippen LogP contribution in [0.1, 0.15) is 59.7 Å². The van der Waals surface area contributed by atoms with E-state index in [2.05, 4.69) is 39.2 Å². The SMILES string of the molecule is CCC(CO)(CO)NCc1cc(Cl)c(OCc2nccc(-c3cccc(OCCCN4CC[C@@H](O)C4)c3C)c2C)cc1OCc1cncc(C#N)c1. The highest BCUT2D eigenvalue weighted by Crippen LogP contribution is 2.36. The first-order valence-electron chi connectivity index (χ1n) is 17.7. The summed E-state index contributed by atoms with van der Waals surface area (Å²) in [6.07, 6.45) is 6.91. The molecule has 0 radical (unpaired) electrons. The molecule has 2 aromatic heterocycles. The number of halogens is 1. The van der Waals surface area contributed by atoms with Crippen molar-refractivity contribution in [3.05, 3.63) is 99.6 Å². The lowest BCUT2D eigenvalue weighted by atomic mass is 9.96. The van der Waals surface area contributed by atoms with Crippen molar-refractivity contribution in [3.63, 3.8) is 0 Å². The van der Waals surface area contributed by atoms with Crippen molar-refractivity contribution in [2.24, 2.45) is 0 Å². The molecule has 1 fully saturated rings. The van der Waals surface area contributed by atoms with E-state index in [0.717, 1.165) is 66.2 Å². The van der Waals surface area contributed by atoms with Crippen LogP contribution in [0.15, 0.2) is 61.1 Å². The molecule has 4 N–H and O–H groups in total. The van der Waals surface area contributed by atoms with Gasteiger partial charge >= 0.3 is 0 Å². The fourth-order valence-electron chi connectivity index (χ4n) is 6.25. The van der Waals surface area contributed by atoms with E-state index in [1.165, 1.54) is 6.20 Å². The average molecular weight is 730 g/mol. The number of likely N-dealkylation sites (tertiary alicyclic amines) is 1. The van der Waals surface area contributed by atoms with Crippen molar-refractivity contribution in [1.82, 2.24) is 20.2 Å². The van der Waals surface area contributed by atoms with Gasteiger partial charge in [-0.25, -0.2) is 0 Å². The zero-order valence-electron chi connectivity index (χ0n) is 30.1. The number of benzene rings is 2. The number of hydrogen-bond acceptors (Lipinski definition) is 11. The summed E-state index contributed by atoms with van der Waals surface area (Å²) < 4.78 is 18.7. The molecule has 4 aromatic rings. The van der Waals surface area contributed by atoms with Gasteiger partial charge in [0.15, 0.2) is 0 Å². The first-order valence-corrected chi connectivity index (χ1v) is 18.0. The van der Waals surface area contributed by atoms with E-state index in [9.17, 15) is 20.6 Å². The Balaban J connectivity index is 1.32. The highest BCUT2D eigenvalue weighted by molar-refractivity contribution is 6.32. The molecule has 2 aromatic carbocycles. The summed E-state index contributed by atoms with van der Waals surface area (Å²) in [5, 5.41) is 42.7. The first kappa shape index (κ1) is 38.9. The van der Waals surface area contributed by atoms with E-state index in [0.29, 0.717) is 46.2 Å². The molecule has 1 aliphatic rings. The van der Waals surface area contributed by atoms with Crippen LogP contribution in [0, 0.1) is 25.2 Å². The second-order valence-electron chi connectivity index (χ2n) is 13.3. The van der Waals surface area contributed by atoms with E-state index >= 15 is 0 Å². The zero-order valence-corrected chi connectivity index (χ0v) is 30.8. The minimum Gasteiger partial charge on any atom is -0.493 e. The Hall–Kier alpha value is -4.28. The van der Waals surface area contributed by atoms with Crippen LogP contribution in [0.4, 0.5) is 0 Å². The number of nitriles is 1. The Morgan fingerprint density at radius 1 is 1.00 bits per heavy atom. The Bertz CT molecular complexity index is 1840. The third-order valence-electron chi connectivity index (χ3n) is 9.74. The molecule has 5 rings (SSSR count). The molecular formula is C40H48ClN5O6. The van der Waals surface area contributed by atoms with Crippen molar-refractivity contribution in [2.45, 2.75) is 71.4 Å². The van der Waals surface area contributed by atoms with Crippen molar-refractivity contribution < 1.29 is 29.5 Å². The number of rotatable bonds is 18. The summed E-state index contributed by atoms with van der Waals surface area (Å²) in [7, 11) is 0. The van der Waals surface area contributed by atoms with Crippen molar-refractivity contribution in [1.29, 1.82) is 5.26 Å². The summed E-state index contributed by atoms with van der Waals surface area (Å²) in [4.78, 5) is 11.0. The minimum absolute atomic E-state index is 0.142. The molecule has 52 heavy (non-hydrogen) atoms. The van der Waals surface area contributed by atoms with E-state index in [-0.39, 0.29) is 39.1 Å². The van der Waals surface area contributed by atoms with Gasteiger partial charge in [0.2, 0.25) is 0 Å². The van der Waals surface area contributed by atoms with Gasteiger partial charge in [-0.15, -0.1) is 0 Å². The van der Waals surface area contributed by atoms with Gasteiger partial charge in [0.25, 0.3) is 0 Å². The van der Waals surface area contributed by atoms with Gasteiger partial charge < -0.3 is 39.7 Å². The lowest BCUT2D eigenvalue weighted by Crippen LogP contribution is -2.50. The largest absolute Gasteiger partial charge is 0.493 e. The van der Waals surface area contributed by atoms with Gasteiger partial charge in [-0.05, 0) is 79.6 Å². The molecule has 0 unspecified atom stereocenters. The van der Waals surface area contributed by atoms with Crippen LogP contribution in [-0.2, 0) is 19.8 Å². The topological polar surface area (TPSA) is 153 Å². The normalized spacial score (nSPS) is 14.7. The van der Waals surface area contributed by atoms with Crippen LogP contribution in [0.5, 0.6) is 17.2 Å². The van der Waals surface area contributed by atoms with Gasteiger partial charge in [0.05, 0.1) is 47.7 Å². The maximum Gasteiger partial charge on any atom is 0.142 e. The third kappa shape index (κ3) is 9.77. The molecule has 11 nitrogen and oxygen atoms in total. The smallest absolute Gasteiger partial charge is 0.142 e. The summed E-state index contributed by atoms with van der Waals surface area (Å²) >= 11 is 6.78. The minimum atomic E-state index is -0.874. The van der Waals surface area contributed by atoms with Crippen molar-refractivity contribution >= 4 is 11.6 Å². The number of aromatic nitrogens is 2. The number of ether oxygens (including phenoxy) is 3. The Kier molecular flexibility index (Phi) is 13.8. The van der Waals surface area contributed by atoms with Gasteiger partial charge in [0, 0.05) is 62.0 Å². The van der Waals surface area contributed by atoms with Crippen molar-refractivity contribution in [3.8, 4) is 34.4 Å². The summed E-state index contributed by atoms with van der Waals surface area (Å²) in [6.45, 7) is 9.20. The Morgan fingerprint density at radius 2 is 1.79 bits per heavy atom. The molecular weight excluding hydrogens is 682 g/mol. The van der Waals surface area contributed by atoms with Crippen LogP contribution in [0.25, 0.3) is 11.1 Å². The third-order valence-corrected chi connectivity index (χ3v) is 10.0. The number of hydrogen-bond donors (Lipinski definition) is 4. The van der Waals surface area contributed by atoms with E-state index in [4.69, 9.17) is 25.8 Å². The second kappa shape index (κ2) is 18.5. The number of β-amino-alcohol motifs (C(OH)–C–C–N with tert-alkyl or cyclic N) is 1. The second-order valence-corrected chi connectivity index (χ2v) is 13.7. The molecule has 12 heteroatoms. The van der Waals surface area contributed by atoms with Crippen molar-refractivity contribution in [2.75, 3.05) is 39.5 Å². The molecule has 3 heterocycles. The Labute approximate surface area is 310 Å². The predicted octanol–water partition coefficient (Wildman–Crippen LogP) is 5.50. The van der Waals surface area contributed by atoms with Crippen LogP contribution in [0.3, 0.4) is 0 Å². The summed E-state index contributed by atoms with van der Waals surface area (Å²) in [5.74, 6) is 1.72. The van der Waals surface area contributed by atoms with Crippen LogP contribution < -0.4 is 19.5 Å². The van der Waals surface area contributed by atoms with Gasteiger partial charge in [-0.1, -0.05) is 30.7 Å². The molecule has 0 bridgehead atoms. The van der Waals surface area contributed by atoms with Gasteiger partial charge in [-0.3, -0.25) is 9.97 Å². The number of pyridine rings is 2. The lowest BCUT2D eigenvalue weighted by Gasteiger charge is -2.30. The zero-order chi connectivity index (χ0) is 37.1. The molecule has 0 aliphatic carbocycles. The molecule has 1 aliphatic heterocycles. The number of nitrogens with one attached hydrogen (secondary N) is 1. The van der Waals surface area contributed by atoms with Crippen LogP contribution in [-0.4, -0.2) is 81.3 Å². The number of aliphatic hydroxyl groups is 3. The van der Waals surface area contributed by atoms with E-state index < -0.39 is 5.54 Å². The maximum absolute atomic E-state index is 9.98.